The highest BCUT2D eigenvalue weighted by Gasteiger charge is 2.05. The molecule has 0 aliphatic rings. The van der Waals surface area contributed by atoms with Crippen molar-refractivity contribution < 1.29 is 4.74 Å². The third kappa shape index (κ3) is 3.68. The van der Waals surface area contributed by atoms with Crippen LogP contribution in [0.2, 0.25) is 0 Å². The fraction of sp³-hybridized carbons (Fsp3) is 0.385. The predicted molar refractivity (Wildman–Crippen MR) is 74.8 cm³/mol. The monoisotopic (exact) mass is 282 g/mol. The molecule has 2 aromatic rings. The molecule has 0 radical (unpaired) electrons. The van der Waals surface area contributed by atoms with Gasteiger partial charge in [-0.25, -0.2) is 0 Å². The Morgan fingerprint density at radius 2 is 2.11 bits per heavy atom. The van der Waals surface area contributed by atoms with Gasteiger partial charge in [0.05, 0.1) is 7.11 Å². The SMILES string of the molecule is COc1cccc(Cc2nnc(CCCCl)s2)c1. The molecule has 18 heavy (non-hydrogen) atoms. The van der Waals surface area contributed by atoms with Crippen LogP contribution in [0.1, 0.15) is 22.0 Å². The van der Waals surface area contributed by atoms with Crippen LogP contribution in [0, 0.1) is 0 Å². The Balaban J connectivity index is 2.01. The van der Waals surface area contributed by atoms with E-state index in [0.29, 0.717) is 5.88 Å². The van der Waals surface area contributed by atoms with Crippen molar-refractivity contribution in [2.75, 3.05) is 13.0 Å². The molecule has 1 aromatic heterocycles. The fourth-order valence-electron chi connectivity index (χ4n) is 1.64. The van der Waals surface area contributed by atoms with Crippen molar-refractivity contribution in [1.82, 2.24) is 10.2 Å². The van der Waals surface area contributed by atoms with Gasteiger partial charge in [0.2, 0.25) is 0 Å². The van der Waals surface area contributed by atoms with Gasteiger partial charge >= 0.3 is 0 Å². The maximum atomic E-state index is 5.66. The van der Waals surface area contributed by atoms with Crippen LogP contribution < -0.4 is 4.74 Å². The normalized spacial score (nSPS) is 10.6. The van der Waals surface area contributed by atoms with Crippen LogP contribution in [-0.4, -0.2) is 23.2 Å². The van der Waals surface area contributed by atoms with Gasteiger partial charge in [-0.2, -0.15) is 0 Å². The van der Waals surface area contributed by atoms with Crippen LogP contribution in [0.5, 0.6) is 5.75 Å². The second kappa shape index (κ2) is 6.71. The molecule has 2 rings (SSSR count). The van der Waals surface area contributed by atoms with Crippen LogP contribution in [-0.2, 0) is 12.8 Å². The van der Waals surface area contributed by atoms with E-state index >= 15 is 0 Å². The fourth-order valence-corrected chi connectivity index (χ4v) is 2.69. The molecular formula is C13H15ClN2OS. The first-order valence-electron chi connectivity index (χ1n) is 5.82. The average molecular weight is 283 g/mol. The van der Waals surface area contributed by atoms with Crippen molar-refractivity contribution in [2.45, 2.75) is 19.3 Å². The van der Waals surface area contributed by atoms with Crippen molar-refractivity contribution >= 4 is 22.9 Å². The summed E-state index contributed by atoms with van der Waals surface area (Å²) in [6.45, 7) is 0. The zero-order valence-corrected chi connectivity index (χ0v) is 11.8. The summed E-state index contributed by atoms with van der Waals surface area (Å²) < 4.78 is 5.20. The van der Waals surface area contributed by atoms with E-state index in [-0.39, 0.29) is 0 Å². The van der Waals surface area contributed by atoms with E-state index in [0.717, 1.165) is 35.0 Å². The summed E-state index contributed by atoms with van der Waals surface area (Å²) in [5.41, 5.74) is 1.19. The standard InChI is InChI=1S/C13H15ClN2OS/c1-17-11-5-2-4-10(8-11)9-13-16-15-12(18-13)6-3-7-14/h2,4-5,8H,3,6-7,9H2,1H3. The lowest BCUT2D eigenvalue weighted by Gasteiger charge is -2.01. The summed E-state index contributed by atoms with van der Waals surface area (Å²) in [7, 11) is 1.67. The van der Waals surface area contributed by atoms with Crippen LogP contribution in [0.15, 0.2) is 24.3 Å². The van der Waals surface area contributed by atoms with Crippen LogP contribution in [0.4, 0.5) is 0 Å². The smallest absolute Gasteiger partial charge is 0.121 e. The van der Waals surface area contributed by atoms with E-state index < -0.39 is 0 Å². The van der Waals surface area contributed by atoms with E-state index in [2.05, 4.69) is 16.3 Å². The number of benzene rings is 1. The number of rotatable bonds is 6. The van der Waals surface area contributed by atoms with Gasteiger partial charge in [-0.15, -0.1) is 33.1 Å². The Morgan fingerprint density at radius 3 is 2.89 bits per heavy atom. The molecule has 0 unspecified atom stereocenters. The van der Waals surface area contributed by atoms with Gasteiger partial charge < -0.3 is 4.74 Å². The van der Waals surface area contributed by atoms with Crippen molar-refractivity contribution in [2.24, 2.45) is 0 Å². The van der Waals surface area contributed by atoms with Crippen LogP contribution in [0.3, 0.4) is 0 Å². The minimum Gasteiger partial charge on any atom is -0.497 e. The molecule has 3 nitrogen and oxygen atoms in total. The van der Waals surface area contributed by atoms with Crippen molar-refractivity contribution in [3.8, 4) is 5.75 Å². The minimum absolute atomic E-state index is 0.671. The number of aromatic nitrogens is 2. The second-order valence-electron chi connectivity index (χ2n) is 3.91. The molecule has 96 valence electrons. The maximum Gasteiger partial charge on any atom is 0.121 e. The number of methoxy groups -OCH3 is 1. The van der Waals surface area contributed by atoms with Gasteiger partial charge in [-0.1, -0.05) is 12.1 Å². The van der Waals surface area contributed by atoms with Gasteiger partial charge in [0.15, 0.2) is 0 Å². The third-order valence-corrected chi connectivity index (χ3v) is 3.77. The molecular weight excluding hydrogens is 268 g/mol. The molecule has 1 heterocycles. The van der Waals surface area contributed by atoms with Crippen molar-refractivity contribution in [3.05, 3.63) is 39.8 Å². The van der Waals surface area contributed by atoms with Gasteiger partial charge in [-0.3, -0.25) is 0 Å². The summed E-state index contributed by atoms with van der Waals surface area (Å²) in [5, 5.41) is 10.5. The average Bonchev–Trinajstić information content (AvgIpc) is 2.84. The highest BCUT2D eigenvalue weighted by molar-refractivity contribution is 7.11. The molecule has 0 amide bonds. The minimum atomic E-state index is 0.671. The Morgan fingerprint density at radius 1 is 1.28 bits per heavy atom. The Labute approximate surface area is 116 Å². The first-order chi connectivity index (χ1) is 8.81. The van der Waals surface area contributed by atoms with E-state index in [1.54, 1.807) is 18.4 Å². The summed E-state index contributed by atoms with van der Waals surface area (Å²) in [6.07, 6.45) is 2.67. The number of hydrogen-bond donors (Lipinski definition) is 0. The number of halogens is 1. The third-order valence-electron chi connectivity index (χ3n) is 2.52. The second-order valence-corrected chi connectivity index (χ2v) is 5.43. The molecule has 5 heteroatoms. The highest BCUT2D eigenvalue weighted by Crippen LogP contribution is 2.19. The van der Waals surface area contributed by atoms with E-state index in [1.807, 2.05) is 18.2 Å². The first kappa shape index (κ1) is 13.3. The van der Waals surface area contributed by atoms with Crippen molar-refractivity contribution in [3.63, 3.8) is 0 Å². The topological polar surface area (TPSA) is 35.0 Å². The Bertz CT molecular complexity index is 501. The van der Waals surface area contributed by atoms with Gasteiger partial charge in [0.1, 0.15) is 15.8 Å². The molecule has 0 saturated heterocycles. The lowest BCUT2D eigenvalue weighted by atomic mass is 10.1. The molecule has 0 atom stereocenters. The zero-order valence-electron chi connectivity index (χ0n) is 10.2. The Kier molecular flexibility index (Phi) is 4.96. The summed E-state index contributed by atoms with van der Waals surface area (Å²) in [4.78, 5) is 0. The molecule has 0 spiro atoms. The largest absolute Gasteiger partial charge is 0.497 e. The van der Waals surface area contributed by atoms with Gasteiger partial charge in [0, 0.05) is 18.7 Å². The van der Waals surface area contributed by atoms with Gasteiger partial charge in [0.25, 0.3) is 0 Å². The predicted octanol–water partition coefficient (Wildman–Crippen LogP) is 3.31. The van der Waals surface area contributed by atoms with E-state index in [1.165, 1.54) is 5.56 Å². The highest BCUT2D eigenvalue weighted by atomic mass is 35.5. The zero-order chi connectivity index (χ0) is 12.8. The first-order valence-corrected chi connectivity index (χ1v) is 7.17. The van der Waals surface area contributed by atoms with Crippen LogP contribution in [0.25, 0.3) is 0 Å². The number of aryl methyl sites for hydroxylation is 1. The number of ether oxygens (including phenoxy) is 1. The lowest BCUT2D eigenvalue weighted by molar-refractivity contribution is 0.414. The number of hydrogen-bond acceptors (Lipinski definition) is 4. The van der Waals surface area contributed by atoms with E-state index in [4.69, 9.17) is 16.3 Å². The lowest BCUT2D eigenvalue weighted by Crippen LogP contribution is -1.89. The quantitative estimate of drug-likeness (QED) is 0.763. The molecule has 0 N–H and O–H groups in total. The molecule has 0 aliphatic carbocycles. The molecule has 1 aromatic carbocycles. The molecule has 0 bridgehead atoms. The van der Waals surface area contributed by atoms with Crippen LogP contribution >= 0.6 is 22.9 Å². The molecule has 0 saturated carbocycles. The summed E-state index contributed by atoms with van der Waals surface area (Å²) in [6, 6.07) is 8.03. The molecule has 0 aliphatic heterocycles. The number of alkyl halides is 1. The van der Waals surface area contributed by atoms with Gasteiger partial charge in [-0.05, 0) is 24.1 Å². The maximum absolute atomic E-state index is 5.66. The van der Waals surface area contributed by atoms with Crippen molar-refractivity contribution in [1.29, 1.82) is 0 Å². The molecule has 0 fully saturated rings. The number of nitrogens with zero attached hydrogens (tertiary/aromatic N) is 2. The summed E-state index contributed by atoms with van der Waals surface area (Å²) >= 11 is 7.32. The Hall–Kier alpha value is -1.13. The summed E-state index contributed by atoms with van der Waals surface area (Å²) in [5.74, 6) is 1.55. The van der Waals surface area contributed by atoms with E-state index in [9.17, 15) is 0 Å².